The van der Waals surface area contributed by atoms with Crippen molar-refractivity contribution in [1.82, 2.24) is 0 Å². The molecular weight excluding hydrogens is 228 g/mol. The highest BCUT2D eigenvalue weighted by Gasteiger charge is 2.13. The van der Waals surface area contributed by atoms with Gasteiger partial charge in [0.05, 0.1) is 19.8 Å². The molecule has 0 aliphatic rings. The van der Waals surface area contributed by atoms with E-state index in [1.807, 2.05) is 0 Å². The van der Waals surface area contributed by atoms with Gasteiger partial charge in [0.25, 0.3) is 0 Å². The van der Waals surface area contributed by atoms with E-state index in [-0.39, 0.29) is 22.8 Å². The highest BCUT2D eigenvalue weighted by atomic mass is 16.5. The van der Waals surface area contributed by atoms with Crippen molar-refractivity contribution >= 4 is 12.3 Å². The molecule has 1 rings (SSSR count). The zero-order valence-corrected chi connectivity index (χ0v) is 9.43. The summed E-state index contributed by atoms with van der Waals surface area (Å²) >= 11 is 0. The highest BCUT2D eigenvalue weighted by Crippen LogP contribution is 2.32. The van der Waals surface area contributed by atoms with Crippen molar-refractivity contribution in [2.75, 3.05) is 20.8 Å². The lowest BCUT2D eigenvalue weighted by Crippen LogP contribution is -2.09. The topological polar surface area (TPSA) is 82.1 Å². The van der Waals surface area contributed by atoms with Gasteiger partial charge in [0.2, 0.25) is 0 Å². The highest BCUT2D eigenvalue weighted by molar-refractivity contribution is 5.84. The molecule has 1 aromatic rings. The van der Waals surface area contributed by atoms with Gasteiger partial charge in [-0.3, -0.25) is 4.79 Å². The predicted octanol–water partition coefficient (Wildman–Crippen LogP) is 0.980. The van der Waals surface area contributed by atoms with Crippen molar-refractivity contribution in [1.29, 1.82) is 0 Å². The quantitative estimate of drug-likeness (QED) is 0.746. The van der Waals surface area contributed by atoms with E-state index in [0.717, 1.165) is 0 Å². The number of aliphatic carboxylic acids is 1. The van der Waals surface area contributed by atoms with Gasteiger partial charge in [0.1, 0.15) is 17.2 Å². The Bertz CT molecular complexity index is 401. The summed E-state index contributed by atoms with van der Waals surface area (Å²) < 4.78 is 15.0. The van der Waals surface area contributed by atoms with Crippen molar-refractivity contribution in [2.24, 2.45) is 0 Å². The van der Waals surface area contributed by atoms with Crippen LogP contribution in [0, 0.1) is 0 Å². The van der Waals surface area contributed by atoms with Gasteiger partial charge in [0.15, 0.2) is 12.9 Å². The van der Waals surface area contributed by atoms with Crippen LogP contribution in [-0.2, 0) is 4.79 Å². The van der Waals surface area contributed by atoms with Gasteiger partial charge in [-0.05, 0) is 0 Å². The molecule has 1 N–H and O–H groups in total. The second kappa shape index (κ2) is 5.74. The van der Waals surface area contributed by atoms with Gasteiger partial charge in [-0.15, -0.1) is 0 Å². The van der Waals surface area contributed by atoms with E-state index in [2.05, 4.69) is 0 Å². The zero-order valence-electron chi connectivity index (χ0n) is 9.43. The number of aldehydes is 1. The summed E-state index contributed by atoms with van der Waals surface area (Å²) in [6, 6.07) is 2.85. The molecule has 92 valence electrons. The first kappa shape index (κ1) is 12.8. The van der Waals surface area contributed by atoms with Crippen LogP contribution in [0.15, 0.2) is 12.1 Å². The summed E-state index contributed by atoms with van der Waals surface area (Å²) in [6.45, 7) is -0.479. The van der Waals surface area contributed by atoms with Crippen LogP contribution in [0.1, 0.15) is 10.4 Å². The standard InChI is InChI=1S/C11H12O6/c1-15-9-3-7(17-6-11(13)14)4-10(16-2)8(9)5-12/h3-5H,6H2,1-2H3,(H,13,14). The monoisotopic (exact) mass is 240 g/mol. The second-order valence-electron chi connectivity index (χ2n) is 3.04. The minimum Gasteiger partial charge on any atom is -0.496 e. The van der Waals surface area contributed by atoms with Gasteiger partial charge in [-0.1, -0.05) is 0 Å². The number of hydrogen-bond acceptors (Lipinski definition) is 5. The molecule has 0 amide bonds. The number of ether oxygens (including phenoxy) is 3. The van der Waals surface area contributed by atoms with Gasteiger partial charge in [-0.25, -0.2) is 4.79 Å². The Morgan fingerprint density at radius 3 is 2.18 bits per heavy atom. The third-order valence-electron chi connectivity index (χ3n) is 2.00. The van der Waals surface area contributed by atoms with Crippen molar-refractivity contribution < 1.29 is 28.9 Å². The van der Waals surface area contributed by atoms with E-state index in [4.69, 9.17) is 19.3 Å². The molecule has 0 radical (unpaired) electrons. The Kier molecular flexibility index (Phi) is 4.33. The molecular formula is C11H12O6. The number of rotatable bonds is 6. The molecule has 0 saturated carbocycles. The number of hydrogen-bond donors (Lipinski definition) is 1. The van der Waals surface area contributed by atoms with Crippen LogP contribution in [0.25, 0.3) is 0 Å². The maximum Gasteiger partial charge on any atom is 0.341 e. The van der Waals surface area contributed by atoms with E-state index in [1.54, 1.807) is 0 Å². The lowest BCUT2D eigenvalue weighted by molar-refractivity contribution is -0.139. The molecule has 0 saturated heterocycles. The molecule has 1 aromatic carbocycles. The Balaban J connectivity index is 3.08. The van der Waals surface area contributed by atoms with E-state index in [0.29, 0.717) is 6.29 Å². The Hall–Kier alpha value is -2.24. The fraction of sp³-hybridized carbons (Fsp3) is 0.273. The summed E-state index contributed by atoms with van der Waals surface area (Å²) in [4.78, 5) is 21.2. The molecule has 6 nitrogen and oxygen atoms in total. The van der Waals surface area contributed by atoms with Gasteiger partial charge in [0, 0.05) is 12.1 Å². The number of carboxylic acid groups (broad SMARTS) is 1. The first-order chi connectivity index (χ1) is 8.12. The molecule has 0 bridgehead atoms. The summed E-state index contributed by atoms with van der Waals surface area (Å²) in [5.74, 6) is -0.312. The molecule has 0 unspecified atom stereocenters. The summed E-state index contributed by atoms with van der Waals surface area (Å²) in [7, 11) is 2.78. The van der Waals surface area contributed by atoms with E-state index >= 15 is 0 Å². The van der Waals surface area contributed by atoms with Crippen molar-refractivity contribution in [2.45, 2.75) is 0 Å². The first-order valence-electron chi connectivity index (χ1n) is 4.68. The smallest absolute Gasteiger partial charge is 0.341 e. The Morgan fingerprint density at radius 1 is 1.29 bits per heavy atom. The minimum atomic E-state index is -1.10. The summed E-state index contributed by atoms with van der Waals surface area (Å²) in [5, 5.41) is 8.48. The Morgan fingerprint density at radius 2 is 1.82 bits per heavy atom. The predicted molar refractivity (Wildman–Crippen MR) is 58.1 cm³/mol. The maximum atomic E-state index is 10.8. The lowest BCUT2D eigenvalue weighted by Gasteiger charge is -2.11. The maximum absolute atomic E-state index is 10.8. The SMILES string of the molecule is COc1cc(OCC(=O)O)cc(OC)c1C=O. The van der Waals surface area contributed by atoms with Crippen LogP contribution >= 0.6 is 0 Å². The van der Waals surface area contributed by atoms with Crippen LogP contribution in [0.5, 0.6) is 17.2 Å². The van der Waals surface area contributed by atoms with E-state index in [1.165, 1.54) is 26.4 Å². The number of benzene rings is 1. The number of methoxy groups -OCH3 is 2. The average Bonchev–Trinajstić information content (AvgIpc) is 2.34. The van der Waals surface area contributed by atoms with Gasteiger partial charge < -0.3 is 19.3 Å². The van der Waals surface area contributed by atoms with Crippen LogP contribution < -0.4 is 14.2 Å². The molecule has 0 atom stereocenters. The molecule has 0 aromatic heterocycles. The fourth-order valence-corrected chi connectivity index (χ4v) is 1.26. The third-order valence-corrected chi connectivity index (χ3v) is 2.00. The van der Waals surface area contributed by atoms with Crippen molar-refractivity contribution in [3.63, 3.8) is 0 Å². The number of carboxylic acids is 1. The zero-order chi connectivity index (χ0) is 12.8. The summed E-state index contributed by atoms with van der Waals surface area (Å²) in [5.41, 5.74) is 0.248. The van der Waals surface area contributed by atoms with E-state index in [9.17, 15) is 9.59 Å². The normalized spacial score (nSPS) is 9.53. The van der Waals surface area contributed by atoms with Gasteiger partial charge in [-0.2, -0.15) is 0 Å². The second-order valence-corrected chi connectivity index (χ2v) is 3.04. The van der Waals surface area contributed by atoms with Gasteiger partial charge >= 0.3 is 5.97 Å². The van der Waals surface area contributed by atoms with E-state index < -0.39 is 12.6 Å². The third kappa shape index (κ3) is 3.10. The van der Waals surface area contributed by atoms with Crippen LogP contribution in [0.3, 0.4) is 0 Å². The average molecular weight is 240 g/mol. The molecule has 0 aliphatic heterocycles. The van der Waals surface area contributed by atoms with Crippen molar-refractivity contribution in [3.8, 4) is 17.2 Å². The largest absolute Gasteiger partial charge is 0.496 e. The van der Waals surface area contributed by atoms with Crippen molar-refractivity contribution in [3.05, 3.63) is 17.7 Å². The molecule has 0 fully saturated rings. The molecule has 0 aliphatic carbocycles. The minimum absolute atomic E-state index is 0.248. The molecule has 0 spiro atoms. The molecule has 17 heavy (non-hydrogen) atoms. The number of carbonyl (C=O) groups excluding carboxylic acids is 1. The fourth-order valence-electron chi connectivity index (χ4n) is 1.26. The summed E-state index contributed by atoms with van der Waals surface area (Å²) in [6.07, 6.45) is 0.596. The van der Waals surface area contributed by atoms with Crippen LogP contribution in [-0.4, -0.2) is 38.2 Å². The number of carbonyl (C=O) groups is 2. The first-order valence-corrected chi connectivity index (χ1v) is 4.68. The van der Waals surface area contributed by atoms with Crippen LogP contribution in [0.4, 0.5) is 0 Å². The molecule has 0 heterocycles. The lowest BCUT2D eigenvalue weighted by atomic mass is 10.2. The Labute approximate surface area is 97.7 Å². The molecule has 6 heteroatoms. The van der Waals surface area contributed by atoms with Crippen LogP contribution in [0.2, 0.25) is 0 Å².